The maximum absolute atomic E-state index is 5.06. The highest BCUT2D eigenvalue weighted by Crippen LogP contribution is 2.34. The highest BCUT2D eigenvalue weighted by Gasteiger charge is 2.27. The summed E-state index contributed by atoms with van der Waals surface area (Å²) >= 11 is 1.96. The number of thioether (sulfide) groups is 1. The number of hydrogen-bond acceptors (Lipinski definition) is 6. The molecule has 1 aromatic rings. The van der Waals surface area contributed by atoms with Gasteiger partial charge in [0.25, 0.3) is 0 Å². The van der Waals surface area contributed by atoms with Gasteiger partial charge in [0.1, 0.15) is 0 Å². The Kier molecular flexibility index (Phi) is 6.25. The van der Waals surface area contributed by atoms with Gasteiger partial charge in [0.2, 0.25) is 0 Å². The molecule has 1 heterocycles. The van der Waals surface area contributed by atoms with E-state index in [0.29, 0.717) is 12.6 Å². The standard InChI is InChI=1S/C13H25N5OS/c1-10(14-7-8-19-2)13-15-16-17-18(13)11-5-4-6-12(9-11)20-3/h10-12,14H,4-9H2,1-3H3. The van der Waals surface area contributed by atoms with Crippen molar-refractivity contribution in [3.63, 3.8) is 0 Å². The number of ether oxygens (including phenoxy) is 1. The van der Waals surface area contributed by atoms with E-state index in [1.807, 2.05) is 16.4 Å². The molecule has 20 heavy (non-hydrogen) atoms. The van der Waals surface area contributed by atoms with Crippen LogP contribution in [0.4, 0.5) is 0 Å². The Morgan fingerprint density at radius 3 is 3.10 bits per heavy atom. The quantitative estimate of drug-likeness (QED) is 0.775. The van der Waals surface area contributed by atoms with Crippen LogP contribution in [0.15, 0.2) is 0 Å². The molecule has 6 nitrogen and oxygen atoms in total. The van der Waals surface area contributed by atoms with Gasteiger partial charge in [-0.25, -0.2) is 4.68 Å². The number of nitrogens with zero attached hydrogens (tertiary/aromatic N) is 4. The number of methoxy groups -OCH3 is 1. The molecule has 1 aromatic heterocycles. The van der Waals surface area contributed by atoms with Crippen molar-refractivity contribution in [2.45, 2.75) is 49.9 Å². The Morgan fingerprint density at radius 2 is 2.35 bits per heavy atom. The lowest BCUT2D eigenvalue weighted by Gasteiger charge is -2.29. The molecule has 1 aliphatic carbocycles. The van der Waals surface area contributed by atoms with Crippen molar-refractivity contribution in [3.05, 3.63) is 5.82 Å². The molecule has 0 radical (unpaired) electrons. The number of aromatic nitrogens is 4. The Morgan fingerprint density at radius 1 is 1.50 bits per heavy atom. The lowest BCUT2D eigenvalue weighted by Crippen LogP contribution is -2.29. The molecule has 0 bridgehead atoms. The molecule has 0 amide bonds. The summed E-state index contributed by atoms with van der Waals surface area (Å²) in [5.74, 6) is 0.938. The summed E-state index contributed by atoms with van der Waals surface area (Å²) in [5.41, 5.74) is 0. The van der Waals surface area contributed by atoms with E-state index in [-0.39, 0.29) is 6.04 Å². The van der Waals surface area contributed by atoms with Gasteiger partial charge in [-0.2, -0.15) is 11.8 Å². The second-order valence-corrected chi connectivity index (χ2v) is 6.47. The Balaban J connectivity index is 2.00. The van der Waals surface area contributed by atoms with Crippen molar-refractivity contribution in [3.8, 4) is 0 Å². The molecule has 1 saturated carbocycles. The van der Waals surface area contributed by atoms with E-state index < -0.39 is 0 Å². The Labute approximate surface area is 125 Å². The first kappa shape index (κ1) is 15.7. The van der Waals surface area contributed by atoms with Crippen LogP contribution in [0.2, 0.25) is 0 Å². The third kappa shape index (κ3) is 3.93. The smallest absolute Gasteiger partial charge is 0.168 e. The van der Waals surface area contributed by atoms with Crippen molar-refractivity contribution < 1.29 is 4.74 Å². The molecule has 1 aliphatic rings. The van der Waals surface area contributed by atoms with Crippen LogP contribution < -0.4 is 5.32 Å². The van der Waals surface area contributed by atoms with Crippen molar-refractivity contribution in [2.24, 2.45) is 0 Å². The van der Waals surface area contributed by atoms with Crippen molar-refractivity contribution >= 4 is 11.8 Å². The first-order valence-electron chi connectivity index (χ1n) is 7.29. The lowest BCUT2D eigenvalue weighted by molar-refractivity contribution is 0.195. The van der Waals surface area contributed by atoms with Gasteiger partial charge in [-0.05, 0) is 42.9 Å². The molecule has 0 spiro atoms. The molecule has 2 rings (SSSR count). The largest absolute Gasteiger partial charge is 0.383 e. The molecule has 0 aromatic carbocycles. The monoisotopic (exact) mass is 299 g/mol. The fourth-order valence-electron chi connectivity index (χ4n) is 2.77. The summed E-state index contributed by atoms with van der Waals surface area (Å²) in [6.07, 6.45) is 7.13. The van der Waals surface area contributed by atoms with Crippen LogP contribution in [0, 0.1) is 0 Å². The molecule has 1 fully saturated rings. The normalized spacial score (nSPS) is 24.8. The Bertz CT molecular complexity index is 400. The van der Waals surface area contributed by atoms with Crippen LogP contribution >= 0.6 is 11.8 Å². The van der Waals surface area contributed by atoms with Gasteiger partial charge >= 0.3 is 0 Å². The summed E-state index contributed by atoms with van der Waals surface area (Å²) < 4.78 is 7.10. The minimum absolute atomic E-state index is 0.148. The fourth-order valence-corrected chi connectivity index (χ4v) is 3.59. The first-order chi connectivity index (χ1) is 9.76. The predicted octanol–water partition coefficient (Wildman–Crippen LogP) is 1.82. The van der Waals surface area contributed by atoms with Gasteiger partial charge in [-0.1, -0.05) is 6.42 Å². The zero-order valence-corrected chi connectivity index (χ0v) is 13.4. The summed E-state index contributed by atoms with van der Waals surface area (Å²) in [7, 11) is 1.71. The molecule has 1 N–H and O–H groups in total. The molecule has 0 saturated heterocycles. The van der Waals surface area contributed by atoms with Crippen LogP contribution in [0.25, 0.3) is 0 Å². The molecule has 7 heteroatoms. The molecular formula is C13H25N5OS. The van der Waals surface area contributed by atoms with E-state index in [1.54, 1.807) is 7.11 Å². The maximum Gasteiger partial charge on any atom is 0.168 e. The molecule has 114 valence electrons. The summed E-state index contributed by atoms with van der Waals surface area (Å²) in [6, 6.07) is 0.590. The second kappa shape index (κ2) is 7.95. The van der Waals surface area contributed by atoms with E-state index in [1.165, 1.54) is 25.7 Å². The number of tetrazole rings is 1. The van der Waals surface area contributed by atoms with Gasteiger partial charge in [-0.15, -0.1) is 5.10 Å². The van der Waals surface area contributed by atoms with Crippen LogP contribution in [-0.2, 0) is 4.74 Å². The van der Waals surface area contributed by atoms with Crippen molar-refractivity contribution in [2.75, 3.05) is 26.5 Å². The molecule has 0 aliphatic heterocycles. The molecule has 3 unspecified atom stereocenters. The predicted molar refractivity (Wildman–Crippen MR) is 80.9 cm³/mol. The zero-order valence-electron chi connectivity index (χ0n) is 12.6. The number of rotatable bonds is 7. The van der Waals surface area contributed by atoms with E-state index in [4.69, 9.17) is 4.74 Å². The van der Waals surface area contributed by atoms with Crippen LogP contribution in [-0.4, -0.2) is 52.0 Å². The second-order valence-electron chi connectivity index (χ2n) is 5.33. The SMILES string of the molecule is COCCNC(C)c1nnnn1C1CCCC(SC)C1. The summed E-state index contributed by atoms with van der Waals surface area (Å²) in [5, 5.41) is 16.5. The van der Waals surface area contributed by atoms with Crippen LogP contribution in [0.3, 0.4) is 0 Å². The van der Waals surface area contributed by atoms with Gasteiger partial charge in [0.05, 0.1) is 18.7 Å². The van der Waals surface area contributed by atoms with Crippen LogP contribution in [0.1, 0.15) is 50.5 Å². The van der Waals surface area contributed by atoms with Gasteiger partial charge < -0.3 is 10.1 Å². The summed E-state index contributed by atoms with van der Waals surface area (Å²) in [4.78, 5) is 0. The van der Waals surface area contributed by atoms with E-state index >= 15 is 0 Å². The number of hydrogen-bond donors (Lipinski definition) is 1. The van der Waals surface area contributed by atoms with E-state index in [2.05, 4.69) is 34.0 Å². The van der Waals surface area contributed by atoms with Crippen molar-refractivity contribution in [1.82, 2.24) is 25.5 Å². The maximum atomic E-state index is 5.06. The van der Waals surface area contributed by atoms with Gasteiger partial charge in [0, 0.05) is 18.9 Å². The topological polar surface area (TPSA) is 64.9 Å². The van der Waals surface area contributed by atoms with Gasteiger partial charge in [0.15, 0.2) is 5.82 Å². The highest BCUT2D eigenvalue weighted by atomic mass is 32.2. The average molecular weight is 299 g/mol. The minimum atomic E-state index is 0.148. The molecule has 3 atom stereocenters. The van der Waals surface area contributed by atoms with E-state index in [9.17, 15) is 0 Å². The van der Waals surface area contributed by atoms with Gasteiger partial charge in [-0.3, -0.25) is 0 Å². The lowest BCUT2D eigenvalue weighted by atomic mass is 9.95. The summed E-state index contributed by atoms with van der Waals surface area (Å²) in [6.45, 7) is 3.61. The average Bonchev–Trinajstić information content (AvgIpc) is 2.97. The zero-order chi connectivity index (χ0) is 14.4. The minimum Gasteiger partial charge on any atom is -0.383 e. The van der Waals surface area contributed by atoms with E-state index in [0.717, 1.165) is 17.6 Å². The Hall–Kier alpha value is -0.660. The number of nitrogens with one attached hydrogen (secondary N) is 1. The van der Waals surface area contributed by atoms with Crippen molar-refractivity contribution in [1.29, 1.82) is 0 Å². The third-order valence-corrected chi connectivity index (χ3v) is 5.03. The first-order valence-corrected chi connectivity index (χ1v) is 8.58. The third-order valence-electron chi connectivity index (χ3n) is 3.94. The molecular weight excluding hydrogens is 274 g/mol. The fraction of sp³-hybridized carbons (Fsp3) is 0.923. The van der Waals surface area contributed by atoms with Crippen LogP contribution in [0.5, 0.6) is 0 Å². The highest BCUT2D eigenvalue weighted by molar-refractivity contribution is 7.99.